The van der Waals surface area contributed by atoms with Crippen LogP contribution in [0.1, 0.15) is 37.7 Å². The van der Waals surface area contributed by atoms with Crippen LogP contribution in [-0.4, -0.2) is 17.7 Å². The van der Waals surface area contributed by atoms with E-state index in [0.717, 1.165) is 0 Å². The van der Waals surface area contributed by atoms with Gasteiger partial charge >= 0.3 is 5.97 Å². The van der Waals surface area contributed by atoms with Gasteiger partial charge in [0.05, 0.1) is 23.2 Å². The highest BCUT2D eigenvalue weighted by molar-refractivity contribution is 6.33. The van der Waals surface area contributed by atoms with Gasteiger partial charge in [0.2, 0.25) is 0 Å². The van der Waals surface area contributed by atoms with Crippen molar-refractivity contribution in [3.63, 3.8) is 0 Å². The molecule has 5 heteroatoms. The molecule has 2 rings (SSSR count). The highest BCUT2D eigenvalue weighted by atomic mass is 35.5. The molecule has 1 saturated carbocycles. The number of ether oxygens (including phenoxy) is 1. The van der Waals surface area contributed by atoms with Crippen LogP contribution < -0.4 is 10.5 Å². The van der Waals surface area contributed by atoms with Crippen molar-refractivity contribution >= 4 is 23.3 Å². The van der Waals surface area contributed by atoms with Crippen LogP contribution in [0.4, 0.5) is 5.69 Å². The Morgan fingerprint density at radius 3 is 2.79 bits per heavy atom. The van der Waals surface area contributed by atoms with Gasteiger partial charge in [0, 0.05) is 0 Å². The first kappa shape index (κ1) is 14.0. The summed E-state index contributed by atoms with van der Waals surface area (Å²) in [7, 11) is 0. The Labute approximate surface area is 117 Å². The molecule has 19 heavy (non-hydrogen) atoms. The number of benzene rings is 1. The molecule has 1 aliphatic carbocycles. The number of nitrogen functional groups attached to an aromatic ring is 1. The predicted molar refractivity (Wildman–Crippen MR) is 74.8 cm³/mol. The van der Waals surface area contributed by atoms with Gasteiger partial charge < -0.3 is 15.6 Å². The minimum Gasteiger partial charge on any atom is -0.491 e. The van der Waals surface area contributed by atoms with Crippen molar-refractivity contribution in [2.75, 3.05) is 12.3 Å². The zero-order valence-electron chi connectivity index (χ0n) is 10.9. The van der Waals surface area contributed by atoms with Crippen LogP contribution in [0.15, 0.2) is 12.1 Å². The van der Waals surface area contributed by atoms with Gasteiger partial charge in [-0.2, -0.15) is 0 Å². The maximum absolute atomic E-state index is 11.2. The second-order valence-electron chi connectivity index (χ2n) is 4.97. The molecule has 1 aromatic carbocycles. The van der Waals surface area contributed by atoms with Crippen LogP contribution in [0.5, 0.6) is 5.75 Å². The highest BCUT2D eigenvalue weighted by Crippen LogP contribution is 2.37. The first-order chi connectivity index (χ1) is 9.02. The van der Waals surface area contributed by atoms with E-state index in [-0.39, 0.29) is 0 Å². The Balaban J connectivity index is 2.25. The van der Waals surface area contributed by atoms with Crippen molar-refractivity contribution in [1.82, 2.24) is 0 Å². The highest BCUT2D eigenvalue weighted by Gasteiger charge is 2.24. The Morgan fingerprint density at radius 2 is 2.26 bits per heavy atom. The number of aliphatic carboxylic acids is 1. The van der Waals surface area contributed by atoms with Crippen molar-refractivity contribution in [1.29, 1.82) is 0 Å². The molecule has 0 spiro atoms. The normalized spacial score (nSPS) is 16.1. The Bertz CT molecular complexity index is 486. The third-order valence-electron chi connectivity index (χ3n) is 3.39. The molecule has 0 saturated heterocycles. The summed E-state index contributed by atoms with van der Waals surface area (Å²) in [5.74, 6) is -0.352. The zero-order valence-corrected chi connectivity index (χ0v) is 11.6. The lowest BCUT2D eigenvalue weighted by Crippen LogP contribution is -2.11. The summed E-state index contributed by atoms with van der Waals surface area (Å²) in [5.41, 5.74) is 6.89. The fraction of sp³-hybridized carbons (Fsp3) is 0.500. The molecule has 4 nitrogen and oxygen atoms in total. The van der Waals surface area contributed by atoms with Crippen LogP contribution in [-0.2, 0) is 4.79 Å². The van der Waals surface area contributed by atoms with E-state index in [4.69, 9.17) is 22.1 Å². The van der Waals surface area contributed by atoms with E-state index < -0.39 is 11.9 Å². The molecule has 0 aliphatic heterocycles. The van der Waals surface area contributed by atoms with Crippen molar-refractivity contribution in [3.05, 3.63) is 22.7 Å². The number of carboxylic acid groups (broad SMARTS) is 1. The summed E-state index contributed by atoms with van der Waals surface area (Å²) in [4.78, 5) is 11.2. The van der Waals surface area contributed by atoms with Gasteiger partial charge in [-0.1, -0.05) is 18.5 Å². The van der Waals surface area contributed by atoms with E-state index in [2.05, 4.69) is 0 Å². The van der Waals surface area contributed by atoms with Crippen molar-refractivity contribution in [2.24, 2.45) is 5.92 Å². The summed E-state index contributed by atoms with van der Waals surface area (Å²) >= 11 is 6.06. The van der Waals surface area contributed by atoms with Crippen molar-refractivity contribution in [2.45, 2.75) is 32.1 Å². The molecule has 1 aromatic rings. The Kier molecular flexibility index (Phi) is 4.20. The molecular weight excluding hydrogens is 266 g/mol. The summed E-state index contributed by atoms with van der Waals surface area (Å²) in [6.07, 6.45) is 2.86. The third-order valence-corrected chi connectivity index (χ3v) is 3.71. The maximum atomic E-state index is 11.2. The topological polar surface area (TPSA) is 72.5 Å². The van der Waals surface area contributed by atoms with Gasteiger partial charge in [0.1, 0.15) is 5.75 Å². The number of hydrogen-bond acceptors (Lipinski definition) is 3. The molecule has 0 amide bonds. The molecular formula is C14H18ClNO3. The molecule has 0 heterocycles. The minimum atomic E-state index is -0.864. The smallest absolute Gasteiger partial charge is 0.310 e. The quantitative estimate of drug-likeness (QED) is 0.786. The predicted octanol–water partition coefficient (Wildman–Crippen LogP) is 3.29. The molecule has 1 aliphatic rings. The fourth-order valence-electron chi connectivity index (χ4n) is 1.98. The summed E-state index contributed by atoms with van der Waals surface area (Å²) in [6.45, 7) is 2.45. The number of hydrogen-bond donors (Lipinski definition) is 2. The van der Waals surface area contributed by atoms with Crippen LogP contribution in [0.3, 0.4) is 0 Å². The van der Waals surface area contributed by atoms with Gasteiger partial charge in [-0.25, -0.2) is 0 Å². The number of rotatable bonds is 6. The minimum absolute atomic E-state index is 0.350. The van der Waals surface area contributed by atoms with E-state index in [1.54, 1.807) is 12.1 Å². The van der Waals surface area contributed by atoms with E-state index in [0.29, 0.717) is 41.0 Å². The second kappa shape index (κ2) is 5.70. The van der Waals surface area contributed by atoms with Crippen molar-refractivity contribution in [3.8, 4) is 5.75 Å². The summed E-state index contributed by atoms with van der Waals surface area (Å²) in [6, 6.07) is 3.31. The number of carbonyl (C=O) groups is 1. The first-order valence-corrected chi connectivity index (χ1v) is 6.85. The van der Waals surface area contributed by atoms with Gasteiger partial charge in [-0.05, 0) is 42.9 Å². The Hall–Kier alpha value is -1.42. The lowest BCUT2D eigenvalue weighted by Gasteiger charge is -2.15. The molecule has 104 valence electrons. The molecule has 1 atom stereocenters. The molecule has 0 radical (unpaired) electrons. The van der Waals surface area contributed by atoms with Crippen LogP contribution in [0.25, 0.3) is 0 Å². The summed E-state index contributed by atoms with van der Waals surface area (Å²) in [5, 5.41) is 9.54. The van der Waals surface area contributed by atoms with Gasteiger partial charge in [0.25, 0.3) is 0 Å². The van der Waals surface area contributed by atoms with Crippen LogP contribution >= 0.6 is 11.6 Å². The number of anilines is 1. The van der Waals surface area contributed by atoms with E-state index >= 15 is 0 Å². The number of halogens is 1. The molecule has 1 unspecified atom stereocenters. The number of nitrogens with two attached hydrogens (primary N) is 1. The SMILES string of the molecule is CCC(C(=O)O)c1cc(Cl)c(N)c(OCC2CC2)c1. The second-order valence-corrected chi connectivity index (χ2v) is 5.38. The number of carboxylic acids is 1. The first-order valence-electron chi connectivity index (χ1n) is 6.47. The molecule has 0 aromatic heterocycles. The Morgan fingerprint density at radius 1 is 1.58 bits per heavy atom. The third kappa shape index (κ3) is 3.32. The van der Waals surface area contributed by atoms with Crippen LogP contribution in [0.2, 0.25) is 5.02 Å². The monoisotopic (exact) mass is 283 g/mol. The van der Waals surface area contributed by atoms with E-state index in [1.807, 2.05) is 6.92 Å². The average Bonchev–Trinajstić information content (AvgIpc) is 3.16. The summed E-state index contributed by atoms with van der Waals surface area (Å²) < 4.78 is 5.65. The molecule has 1 fully saturated rings. The van der Waals surface area contributed by atoms with Crippen molar-refractivity contribution < 1.29 is 14.6 Å². The average molecular weight is 284 g/mol. The fourth-order valence-corrected chi connectivity index (χ4v) is 2.20. The lowest BCUT2D eigenvalue weighted by molar-refractivity contribution is -0.138. The maximum Gasteiger partial charge on any atom is 0.310 e. The largest absolute Gasteiger partial charge is 0.491 e. The zero-order chi connectivity index (χ0) is 14.0. The lowest BCUT2D eigenvalue weighted by atomic mass is 9.96. The molecule has 0 bridgehead atoms. The molecule has 3 N–H and O–H groups in total. The van der Waals surface area contributed by atoms with Gasteiger partial charge in [-0.15, -0.1) is 0 Å². The van der Waals surface area contributed by atoms with Crippen LogP contribution in [0, 0.1) is 5.92 Å². The standard InChI is InChI=1S/C14H18ClNO3/c1-2-10(14(17)18)9-5-11(15)13(16)12(6-9)19-7-8-3-4-8/h5-6,8,10H,2-4,7,16H2,1H3,(H,17,18). The van der Waals surface area contributed by atoms with Gasteiger partial charge in [0.15, 0.2) is 0 Å². The van der Waals surface area contributed by atoms with E-state index in [1.165, 1.54) is 12.8 Å². The van der Waals surface area contributed by atoms with Gasteiger partial charge in [-0.3, -0.25) is 4.79 Å². The van der Waals surface area contributed by atoms with E-state index in [9.17, 15) is 9.90 Å².